The number of pyridine rings is 2. The van der Waals surface area contributed by atoms with Crippen molar-refractivity contribution < 1.29 is 9.21 Å². The predicted molar refractivity (Wildman–Crippen MR) is 124 cm³/mol. The van der Waals surface area contributed by atoms with Gasteiger partial charge < -0.3 is 9.73 Å². The molecule has 162 valence electrons. The van der Waals surface area contributed by atoms with E-state index in [1.54, 1.807) is 18.5 Å². The number of carbonyl (C=O) groups is 1. The Kier molecular flexibility index (Phi) is 5.71. The first-order valence-corrected chi connectivity index (χ1v) is 10.5. The summed E-state index contributed by atoms with van der Waals surface area (Å²) in [6.07, 6.45) is 13.3. The number of amides is 1. The second-order valence-electron chi connectivity index (χ2n) is 7.40. The van der Waals surface area contributed by atoms with Crippen molar-refractivity contribution in [2.45, 2.75) is 12.8 Å². The Morgan fingerprint density at radius 2 is 1.94 bits per heavy atom. The molecule has 33 heavy (non-hydrogen) atoms. The summed E-state index contributed by atoms with van der Waals surface area (Å²) >= 11 is 0. The molecule has 1 amide bonds. The first-order valence-electron chi connectivity index (χ1n) is 10.5. The quantitative estimate of drug-likeness (QED) is 0.384. The van der Waals surface area contributed by atoms with Crippen LogP contribution in [0.2, 0.25) is 0 Å². The molecule has 0 unspecified atom stereocenters. The summed E-state index contributed by atoms with van der Waals surface area (Å²) in [5.41, 5.74) is 5.61. The van der Waals surface area contributed by atoms with Crippen LogP contribution in [0.4, 0.5) is 5.69 Å². The van der Waals surface area contributed by atoms with Crippen molar-refractivity contribution in [1.29, 1.82) is 0 Å². The fraction of sp³-hybridized carbons (Fsp3) is 0.0800. The van der Waals surface area contributed by atoms with E-state index in [0.717, 1.165) is 39.9 Å². The third kappa shape index (κ3) is 4.69. The Hall–Kier alpha value is -4.59. The Balaban J connectivity index is 1.26. The molecule has 0 atom stereocenters. The van der Waals surface area contributed by atoms with Gasteiger partial charge in [-0.1, -0.05) is 18.2 Å². The molecule has 5 rings (SSSR count). The molecule has 0 bridgehead atoms. The second kappa shape index (κ2) is 9.27. The molecule has 0 aliphatic rings. The molecule has 0 aliphatic heterocycles. The standard InChI is InChI=1S/C25H20N6O2/c32-24(29-20-8-4-18(5-9-20)6-11-25-30-27-17-33-25)10-7-19-15-26-13-12-21(19)22-16-28-31-14-2-1-3-23(22)31/h1-5,7-10,12-17H,6,11H2,(H,29,32)/b10-7+. The van der Waals surface area contributed by atoms with Gasteiger partial charge in [0, 0.05) is 47.9 Å². The smallest absolute Gasteiger partial charge is 0.248 e. The number of hydrogen-bond donors (Lipinski definition) is 1. The van der Waals surface area contributed by atoms with Gasteiger partial charge in [0.25, 0.3) is 0 Å². The lowest BCUT2D eigenvalue weighted by Gasteiger charge is -2.06. The third-order valence-corrected chi connectivity index (χ3v) is 5.24. The maximum Gasteiger partial charge on any atom is 0.248 e. The average Bonchev–Trinajstić information content (AvgIpc) is 3.53. The summed E-state index contributed by atoms with van der Waals surface area (Å²) in [4.78, 5) is 16.7. The third-order valence-electron chi connectivity index (χ3n) is 5.24. The summed E-state index contributed by atoms with van der Waals surface area (Å²) in [5.74, 6) is 0.389. The zero-order valence-electron chi connectivity index (χ0n) is 17.6. The number of nitrogens with one attached hydrogen (secondary N) is 1. The van der Waals surface area contributed by atoms with Gasteiger partial charge in [0.15, 0.2) is 0 Å². The molecule has 1 N–H and O–H groups in total. The molecule has 5 aromatic rings. The molecule has 0 aliphatic carbocycles. The molecule has 4 aromatic heterocycles. The molecule has 0 saturated heterocycles. The first-order chi connectivity index (χ1) is 16.3. The predicted octanol–water partition coefficient (Wildman–Crippen LogP) is 4.22. The Morgan fingerprint density at radius 1 is 1.03 bits per heavy atom. The van der Waals surface area contributed by atoms with Crippen LogP contribution in [0.3, 0.4) is 0 Å². The van der Waals surface area contributed by atoms with E-state index in [4.69, 9.17) is 4.42 Å². The molecule has 0 radical (unpaired) electrons. The van der Waals surface area contributed by atoms with Gasteiger partial charge in [-0.15, -0.1) is 10.2 Å². The number of aryl methyl sites for hydroxylation is 2. The monoisotopic (exact) mass is 436 g/mol. The number of anilines is 1. The van der Waals surface area contributed by atoms with Crippen LogP contribution in [0.15, 0.2) is 90.2 Å². The molecule has 0 spiro atoms. The lowest BCUT2D eigenvalue weighted by Crippen LogP contribution is -2.07. The van der Waals surface area contributed by atoms with E-state index >= 15 is 0 Å². The van der Waals surface area contributed by atoms with Crippen molar-refractivity contribution in [2.75, 3.05) is 5.32 Å². The number of hydrogen-bond acceptors (Lipinski definition) is 6. The number of aromatic nitrogens is 5. The highest BCUT2D eigenvalue weighted by atomic mass is 16.4. The van der Waals surface area contributed by atoms with Crippen LogP contribution in [0.1, 0.15) is 17.0 Å². The molecule has 0 fully saturated rings. The zero-order chi connectivity index (χ0) is 22.5. The largest absolute Gasteiger partial charge is 0.428 e. The average molecular weight is 436 g/mol. The van der Waals surface area contributed by atoms with Gasteiger partial charge in [0.05, 0.1) is 11.7 Å². The highest BCUT2D eigenvalue weighted by Gasteiger charge is 2.10. The van der Waals surface area contributed by atoms with Gasteiger partial charge in [0.2, 0.25) is 18.2 Å². The van der Waals surface area contributed by atoms with Crippen LogP contribution < -0.4 is 5.32 Å². The lowest BCUT2D eigenvalue weighted by atomic mass is 10.0. The van der Waals surface area contributed by atoms with E-state index in [1.165, 1.54) is 12.5 Å². The molecule has 8 nitrogen and oxygen atoms in total. The van der Waals surface area contributed by atoms with Crippen molar-refractivity contribution >= 4 is 23.2 Å². The summed E-state index contributed by atoms with van der Waals surface area (Å²) in [6.45, 7) is 0. The fourth-order valence-corrected chi connectivity index (χ4v) is 3.59. The topological polar surface area (TPSA) is 98.2 Å². The molecular formula is C25H20N6O2. The second-order valence-corrected chi connectivity index (χ2v) is 7.40. The number of fused-ring (bicyclic) bond motifs is 1. The van der Waals surface area contributed by atoms with E-state index < -0.39 is 0 Å². The first kappa shape index (κ1) is 20.3. The zero-order valence-corrected chi connectivity index (χ0v) is 17.6. The van der Waals surface area contributed by atoms with Crippen LogP contribution in [0.5, 0.6) is 0 Å². The van der Waals surface area contributed by atoms with E-state index in [2.05, 4.69) is 25.6 Å². The molecule has 1 aromatic carbocycles. The van der Waals surface area contributed by atoms with Gasteiger partial charge >= 0.3 is 0 Å². The minimum Gasteiger partial charge on any atom is -0.428 e. The van der Waals surface area contributed by atoms with Crippen LogP contribution >= 0.6 is 0 Å². The van der Waals surface area contributed by atoms with E-state index in [-0.39, 0.29) is 5.91 Å². The SMILES string of the molecule is O=C(/C=C/c1cnccc1-c1cnn2ccccc12)Nc1ccc(CCc2nnco2)cc1. The Morgan fingerprint density at radius 3 is 2.79 bits per heavy atom. The van der Waals surface area contributed by atoms with Gasteiger partial charge in [-0.05, 0) is 54.0 Å². The number of nitrogens with zero attached hydrogens (tertiary/aromatic N) is 5. The molecule has 0 saturated carbocycles. The minimum absolute atomic E-state index is 0.219. The van der Waals surface area contributed by atoms with Crippen molar-refractivity contribution in [2.24, 2.45) is 0 Å². The van der Waals surface area contributed by atoms with Crippen molar-refractivity contribution in [1.82, 2.24) is 24.8 Å². The summed E-state index contributed by atoms with van der Waals surface area (Å²) < 4.78 is 6.97. The van der Waals surface area contributed by atoms with E-state index in [1.807, 2.05) is 65.4 Å². The molecular weight excluding hydrogens is 416 g/mol. The summed E-state index contributed by atoms with van der Waals surface area (Å²) in [6, 6.07) is 15.5. The number of benzene rings is 1. The normalized spacial score (nSPS) is 11.3. The van der Waals surface area contributed by atoms with Gasteiger partial charge in [-0.25, -0.2) is 4.52 Å². The van der Waals surface area contributed by atoms with Crippen molar-refractivity contribution in [3.63, 3.8) is 0 Å². The van der Waals surface area contributed by atoms with Crippen molar-refractivity contribution in [3.05, 3.63) is 103 Å². The van der Waals surface area contributed by atoms with Crippen molar-refractivity contribution in [3.8, 4) is 11.1 Å². The number of carbonyl (C=O) groups excluding carboxylic acids is 1. The highest BCUT2D eigenvalue weighted by molar-refractivity contribution is 6.02. The maximum absolute atomic E-state index is 12.5. The van der Waals surface area contributed by atoms with Gasteiger partial charge in [-0.3, -0.25) is 9.78 Å². The van der Waals surface area contributed by atoms with Gasteiger partial charge in [0.1, 0.15) is 0 Å². The van der Waals surface area contributed by atoms with Crippen LogP contribution in [-0.2, 0) is 17.6 Å². The van der Waals surface area contributed by atoms with E-state index in [9.17, 15) is 4.79 Å². The lowest BCUT2D eigenvalue weighted by molar-refractivity contribution is -0.111. The van der Waals surface area contributed by atoms with Crippen LogP contribution in [0, 0.1) is 0 Å². The fourth-order valence-electron chi connectivity index (χ4n) is 3.59. The van der Waals surface area contributed by atoms with Crippen LogP contribution in [-0.4, -0.2) is 30.7 Å². The van der Waals surface area contributed by atoms with E-state index in [0.29, 0.717) is 12.3 Å². The highest BCUT2D eigenvalue weighted by Crippen LogP contribution is 2.28. The number of rotatable bonds is 7. The molecule has 4 heterocycles. The van der Waals surface area contributed by atoms with Gasteiger partial charge in [-0.2, -0.15) is 5.10 Å². The molecule has 8 heteroatoms. The minimum atomic E-state index is -0.219. The summed E-state index contributed by atoms with van der Waals surface area (Å²) in [7, 11) is 0. The van der Waals surface area contributed by atoms with Crippen LogP contribution in [0.25, 0.3) is 22.7 Å². The maximum atomic E-state index is 12.5. The Bertz CT molecular complexity index is 1400. The Labute approximate surface area is 189 Å². The summed E-state index contributed by atoms with van der Waals surface area (Å²) in [5, 5.41) is 14.8.